The van der Waals surface area contributed by atoms with Crippen molar-refractivity contribution in [3.05, 3.63) is 36.2 Å². The smallest absolute Gasteiger partial charge is 0.246 e. The van der Waals surface area contributed by atoms with Crippen molar-refractivity contribution in [3.8, 4) is 11.4 Å². The second kappa shape index (κ2) is 8.06. The second-order valence-electron chi connectivity index (χ2n) is 6.03. The Kier molecular flexibility index (Phi) is 5.59. The van der Waals surface area contributed by atoms with E-state index in [0.29, 0.717) is 19.2 Å². The standard InChI is InChI=1S/C18H24N4O2/c1-2-24-13-18(23)20-12-14-11-17(16-9-5-6-10-19-16)22(21-14)15-7-3-4-8-15/h5-6,9-11,15H,2-4,7-8,12-13H2,1H3,(H,20,23). The molecule has 6 nitrogen and oxygen atoms in total. The fourth-order valence-electron chi connectivity index (χ4n) is 3.10. The third kappa shape index (κ3) is 4.00. The maximum atomic E-state index is 11.7. The Hall–Kier alpha value is -2.21. The van der Waals surface area contributed by atoms with Crippen LogP contribution in [-0.2, 0) is 16.1 Å². The van der Waals surface area contributed by atoms with Crippen LogP contribution in [0, 0.1) is 0 Å². The first-order valence-corrected chi connectivity index (χ1v) is 8.62. The number of carbonyl (C=O) groups is 1. The van der Waals surface area contributed by atoms with Crippen molar-refractivity contribution >= 4 is 5.91 Å². The third-order valence-electron chi connectivity index (χ3n) is 4.29. The minimum atomic E-state index is -0.119. The largest absolute Gasteiger partial charge is 0.372 e. The van der Waals surface area contributed by atoms with Gasteiger partial charge < -0.3 is 10.1 Å². The molecule has 0 atom stereocenters. The summed E-state index contributed by atoms with van der Waals surface area (Å²) in [6, 6.07) is 8.35. The van der Waals surface area contributed by atoms with E-state index in [1.165, 1.54) is 12.8 Å². The molecule has 0 unspecified atom stereocenters. The van der Waals surface area contributed by atoms with Crippen molar-refractivity contribution in [3.63, 3.8) is 0 Å². The first-order valence-electron chi connectivity index (χ1n) is 8.62. The summed E-state index contributed by atoms with van der Waals surface area (Å²) in [6.07, 6.45) is 6.58. The van der Waals surface area contributed by atoms with E-state index in [1.54, 1.807) is 6.20 Å². The highest BCUT2D eigenvalue weighted by molar-refractivity contribution is 5.77. The Balaban J connectivity index is 1.77. The van der Waals surface area contributed by atoms with Crippen LogP contribution in [0.2, 0.25) is 0 Å². The summed E-state index contributed by atoms with van der Waals surface area (Å²) in [4.78, 5) is 16.2. The van der Waals surface area contributed by atoms with Gasteiger partial charge in [0, 0.05) is 12.8 Å². The van der Waals surface area contributed by atoms with Gasteiger partial charge in [-0.05, 0) is 38.0 Å². The van der Waals surface area contributed by atoms with Gasteiger partial charge in [-0.25, -0.2) is 0 Å². The molecule has 6 heteroatoms. The molecule has 1 N–H and O–H groups in total. The van der Waals surface area contributed by atoms with Gasteiger partial charge in [0.25, 0.3) is 0 Å². The van der Waals surface area contributed by atoms with Gasteiger partial charge >= 0.3 is 0 Å². The number of nitrogens with one attached hydrogen (secondary N) is 1. The molecule has 1 fully saturated rings. The van der Waals surface area contributed by atoms with Crippen LogP contribution in [0.3, 0.4) is 0 Å². The predicted octanol–water partition coefficient (Wildman–Crippen LogP) is 2.71. The lowest BCUT2D eigenvalue weighted by Gasteiger charge is -2.13. The van der Waals surface area contributed by atoms with Crippen molar-refractivity contribution in [2.75, 3.05) is 13.2 Å². The van der Waals surface area contributed by atoms with Gasteiger partial charge in [-0.1, -0.05) is 18.9 Å². The van der Waals surface area contributed by atoms with Crippen molar-refractivity contribution < 1.29 is 9.53 Å². The summed E-state index contributed by atoms with van der Waals surface area (Å²) in [5, 5.41) is 7.60. The number of nitrogens with zero attached hydrogens (tertiary/aromatic N) is 3. The fourth-order valence-corrected chi connectivity index (χ4v) is 3.10. The zero-order valence-electron chi connectivity index (χ0n) is 14.1. The van der Waals surface area contributed by atoms with E-state index in [-0.39, 0.29) is 12.5 Å². The van der Waals surface area contributed by atoms with Crippen LogP contribution in [0.25, 0.3) is 11.4 Å². The summed E-state index contributed by atoms with van der Waals surface area (Å²) in [7, 11) is 0. The van der Waals surface area contributed by atoms with E-state index < -0.39 is 0 Å². The molecule has 0 bridgehead atoms. The lowest BCUT2D eigenvalue weighted by Crippen LogP contribution is -2.27. The predicted molar refractivity (Wildman–Crippen MR) is 91.3 cm³/mol. The molecule has 2 aromatic rings. The molecule has 2 aromatic heterocycles. The van der Waals surface area contributed by atoms with Crippen molar-refractivity contribution in [1.29, 1.82) is 0 Å². The summed E-state index contributed by atoms with van der Waals surface area (Å²) in [6.45, 7) is 2.90. The second-order valence-corrected chi connectivity index (χ2v) is 6.03. The van der Waals surface area contributed by atoms with E-state index >= 15 is 0 Å². The summed E-state index contributed by atoms with van der Waals surface area (Å²) >= 11 is 0. The molecule has 0 aromatic carbocycles. The summed E-state index contributed by atoms with van der Waals surface area (Å²) in [5.41, 5.74) is 2.80. The highest BCUT2D eigenvalue weighted by atomic mass is 16.5. The number of aromatic nitrogens is 3. The normalized spacial score (nSPS) is 14.9. The van der Waals surface area contributed by atoms with Gasteiger partial charge in [0.2, 0.25) is 5.91 Å². The molecule has 128 valence electrons. The zero-order chi connectivity index (χ0) is 16.8. The van der Waals surface area contributed by atoms with Gasteiger partial charge in [-0.3, -0.25) is 14.5 Å². The van der Waals surface area contributed by atoms with Gasteiger partial charge in [0.05, 0.1) is 29.7 Å². The lowest BCUT2D eigenvalue weighted by atomic mass is 10.2. The highest BCUT2D eigenvalue weighted by Crippen LogP contribution is 2.33. The molecular weight excluding hydrogens is 304 g/mol. The molecule has 0 radical (unpaired) electrons. The molecule has 1 saturated carbocycles. The van der Waals surface area contributed by atoms with Crippen LogP contribution in [0.4, 0.5) is 0 Å². The van der Waals surface area contributed by atoms with Gasteiger partial charge in [0.15, 0.2) is 0 Å². The van der Waals surface area contributed by atoms with E-state index in [4.69, 9.17) is 9.84 Å². The summed E-state index contributed by atoms with van der Waals surface area (Å²) < 4.78 is 7.21. The Morgan fingerprint density at radius 3 is 2.92 bits per heavy atom. The monoisotopic (exact) mass is 328 g/mol. The minimum absolute atomic E-state index is 0.0902. The molecule has 2 heterocycles. The first-order chi connectivity index (χ1) is 11.8. The van der Waals surface area contributed by atoms with E-state index in [1.807, 2.05) is 31.2 Å². The number of amides is 1. The van der Waals surface area contributed by atoms with E-state index in [0.717, 1.165) is 29.9 Å². The number of hydrogen-bond acceptors (Lipinski definition) is 4. The van der Waals surface area contributed by atoms with Gasteiger partial charge in [-0.2, -0.15) is 5.10 Å². The average Bonchev–Trinajstić information content (AvgIpc) is 3.28. The van der Waals surface area contributed by atoms with Gasteiger partial charge in [-0.15, -0.1) is 0 Å². The maximum Gasteiger partial charge on any atom is 0.246 e. The minimum Gasteiger partial charge on any atom is -0.372 e. The Morgan fingerprint density at radius 1 is 1.38 bits per heavy atom. The van der Waals surface area contributed by atoms with Crippen LogP contribution < -0.4 is 5.32 Å². The van der Waals surface area contributed by atoms with Crippen LogP contribution in [0.15, 0.2) is 30.5 Å². The van der Waals surface area contributed by atoms with Crippen LogP contribution in [0.5, 0.6) is 0 Å². The number of rotatable bonds is 7. The Labute approximate surface area is 142 Å². The van der Waals surface area contributed by atoms with Crippen LogP contribution >= 0.6 is 0 Å². The quantitative estimate of drug-likeness (QED) is 0.848. The SMILES string of the molecule is CCOCC(=O)NCc1cc(-c2ccccn2)n(C2CCCC2)n1. The molecule has 1 amide bonds. The fraction of sp³-hybridized carbons (Fsp3) is 0.500. The van der Waals surface area contributed by atoms with Crippen LogP contribution in [0.1, 0.15) is 44.3 Å². The highest BCUT2D eigenvalue weighted by Gasteiger charge is 2.22. The summed E-state index contributed by atoms with van der Waals surface area (Å²) in [5.74, 6) is -0.119. The number of carbonyl (C=O) groups excluding carboxylic acids is 1. The molecule has 24 heavy (non-hydrogen) atoms. The molecule has 3 rings (SSSR count). The average molecular weight is 328 g/mol. The Morgan fingerprint density at radius 2 is 2.21 bits per heavy atom. The molecule has 0 spiro atoms. The van der Waals surface area contributed by atoms with Crippen LogP contribution in [-0.4, -0.2) is 33.9 Å². The lowest BCUT2D eigenvalue weighted by molar-refractivity contribution is -0.125. The molecule has 0 aliphatic heterocycles. The maximum absolute atomic E-state index is 11.7. The third-order valence-corrected chi connectivity index (χ3v) is 4.29. The van der Waals surface area contributed by atoms with E-state index in [2.05, 4.69) is 15.0 Å². The molecule has 1 aliphatic carbocycles. The van der Waals surface area contributed by atoms with Crippen molar-refractivity contribution in [2.45, 2.75) is 45.2 Å². The van der Waals surface area contributed by atoms with Crippen molar-refractivity contribution in [1.82, 2.24) is 20.1 Å². The zero-order valence-corrected chi connectivity index (χ0v) is 14.1. The van der Waals surface area contributed by atoms with E-state index in [9.17, 15) is 4.79 Å². The number of hydrogen-bond donors (Lipinski definition) is 1. The van der Waals surface area contributed by atoms with Gasteiger partial charge in [0.1, 0.15) is 6.61 Å². The number of ether oxygens (including phenoxy) is 1. The number of pyridine rings is 1. The molecule has 0 saturated heterocycles. The molecule has 1 aliphatic rings. The first kappa shape index (κ1) is 16.6. The van der Waals surface area contributed by atoms with Crippen molar-refractivity contribution in [2.24, 2.45) is 0 Å². The topological polar surface area (TPSA) is 69.0 Å². The Bertz CT molecular complexity index is 663. The molecular formula is C18H24N4O2.